The Kier molecular flexibility index (Phi) is 4.33. The molecule has 6 nitrogen and oxygen atoms in total. The van der Waals surface area contributed by atoms with Gasteiger partial charge in [0.25, 0.3) is 0 Å². The minimum atomic E-state index is -0.141. The van der Waals surface area contributed by atoms with Gasteiger partial charge in [-0.25, -0.2) is 0 Å². The lowest BCUT2D eigenvalue weighted by atomic mass is 9.90. The van der Waals surface area contributed by atoms with E-state index in [2.05, 4.69) is 15.3 Å². The molecule has 0 spiro atoms. The van der Waals surface area contributed by atoms with Crippen molar-refractivity contribution in [3.05, 3.63) is 12.4 Å². The molecule has 0 unspecified atom stereocenters. The summed E-state index contributed by atoms with van der Waals surface area (Å²) in [7, 11) is 0. The average molecular weight is 252 g/mol. The van der Waals surface area contributed by atoms with E-state index in [0.717, 1.165) is 26.1 Å². The Labute approximate surface area is 107 Å². The van der Waals surface area contributed by atoms with E-state index in [1.165, 1.54) is 0 Å². The molecule has 0 saturated carbocycles. The van der Waals surface area contributed by atoms with Gasteiger partial charge >= 0.3 is 0 Å². The summed E-state index contributed by atoms with van der Waals surface area (Å²) in [5, 5.41) is 3.38. The standard InChI is InChI=1S/C12H20N4O2/c1-2-18-11-8-14-7-10(15-11)16-12(9-13)3-5-17-6-4-12/h7-8H,2-6,9,13H2,1H3,(H,15,16). The third-order valence-electron chi connectivity index (χ3n) is 3.14. The highest BCUT2D eigenvalue weighted by Gasteiger charge is 2.31. The van der Waals surface area contributed by atoms with Crippen LogP contribution in [0, 0.1) is 0 Å². The van der Waals surface area contributed by atoms with Crippen LogP contribution in [-0.4, -0.2) is 41.9 Å². The van der Waals surface area contributed by atoms with E-state index in [-0.39, 0.29) is 5.54 Å². The normalized spacial score (nSPS) is 18.3. The highest BCUT2D eigenvalue weighted by molar-refractivity contribution is 5.37. The first-order chi connectivity index (χ1) is 8.78. The van der Waals surface area contributed by atoms with Gasteiger partial charge in [-0.2, -0.15) is 4.98 Å². The summed E-state index contributed by atoms with van der Waals surface area (Å²) in [6, 6.07) is 0. The molecule has 2 rings (SSSR count). The van der Waals surface area contributed by atoms with Crippen molar-refractivity contribution < 1.29 is 9.47 Å². The molecule has 100 valence electrons. The van der Waals surface area contributed by atoms with Crippen molar-refractivity contribution in [2.24, 2.45) is 5.73 Å². The van der Waals surface area contributed by atoms with Gasteiger partial charge in [-0.3, -0.25) is 4.98 Å². The van der Waals surface area contributed by atoms with Gasteiger partial charge in [0, 0.05) is 19.8 Å². The van der Waals surface area contributed by atoms with Crippen LogP contribution in [0.25, 0.3) is 0 Å². The Bertz CT molecular complexity index is 380. The number of nitrogens with zero attached hydrogens (tertiary/aromatic N) is 2. The highest BCUT2D eigenvalue weighted by atomic mass is 16.5. The van der Waals surface area contributed by atoms with Crippen molar-refractivity contribution >= 4 is 5.82 Å². The number of aromatic nitrogens is 2. The maximum atomic E-state index is 5.89. The third kappa shape index (κ3) is 3.08. The van der Waals surface area contributed by atoms with Crippen molar-refractivity contribution in [3.8, 4) is 5.88 Å². The third-order valence-corrected chi connectivity index (χ3v) is 3.14. The summed E-state index contributed by atoms with van der Waals surface area (Å²) in [5.41, 5.74) is 5.74. The van der Waals surface area contributed by atoms with Crippen LogP contribution in [0.3, 0.4) is 0 Å². The quantitative estimate of drug-likeness (QED) is 0.806. The first kappa shape index (κ1) is 13.0. The maximum absolute atomic E-state index is 5.89. The number of anilines is 1. The fourth-order valence-electron chi connectivity index (χ4n) is 2.04. The van der Waals surface area contributed by atoms with Crippen LogP contribution in [0.5, 0.6) is 5.88 Å². The molecule has 1 aliphatic heterocycles. The minimum absolute atomic E-state index is 0.141. The van der Waals surface area contributed by atoms with Crippen molar-refractivity contribution in [2.45, 2.75) is 25.3 Å². The number of rotatable bonds is 5. The monoisotopic (exact) mass is 252 g/mol. The Morgan fingerprint density at radius 3 is 2.89 bits per heavy atom. The molecule has 1 aromatic rings. The first-order valence-corrected chi connectivity index (χ1v) is 6.29. The number of hydrogen-bond acceptors (Lipinski definition) is 6. The van der Waals surface area contributed by atoms with Crippen LogP contribution < -0.4 is 15.8 Å². The van der Waals surface area contributed by atoms with Gasteiger partial charge in [0.1, 0.15) is 5.82 Å². The van der Waals surface area contributed by atoms with E-state index in [4.69, 9.17) is 15.2 Å². The number of ether oxygens (including phenoxy) is 2. The molecule has 0 amide bonds. The SMILES string of the molecule is CCOc1cncc(NC2(CN)CCOCC2)n1. The molecule has 18 heavy (non-hydrogen) atoms. The summed E-state index contributed by atoms with van der Waals surface area (Å²) in [6.45, 7) is 4.50. The largest absolute Gasteiger partial charge is 0.477 e. The lowest BCUT2D eigenvalue weighted by molar-refractivity contribution is 0.0626. The minimum Gasteiger partial charge on any atom is -0.477 e. The number of nitrogens with two attached hydrogens (primary N) is 1. The van der Waals surface area contributed by atoms with Crippen molar-refractivity contribution in [2.75, 3.05) is 31.7 Å². The fraction of sp³-hybridized carbons (Fsp3) is 0.667. The Balaban J connectivity index is 2.08. The van der Waals surface area contributed by atoms with Crippen molar-refractivity contribution in [3.63, 3.8) is 0 Å². The maximum Gasteiger partial charge on any atom is 0.234 e. The summed E-state index contributed by atoms with van der Waals surface area (Å²) in [6.07, 6.45) is 5.05. The molecular weight excluding hydrogens is 232 g/mol. The molecular formula is C12H20N4O2. The zero-order valence-electron chi connectivity index (χ0n) is 10.7. The van der Waals surface area contributed by atoms with Gasteiger partial charge in [0.15, 0.2) is 0 Å². The van der Waals surface area contributed by atoms with Gasteiger partial charge < -0.3 is 20.5 Å². The Hall–Kier alpha value is -1.40. The van der Waals surface area contributed by atoms with Gasteiger partial charge in [-0.15, -0.1) is 0 Å². The summed E-state index contributed by atoms with van der Waals surface area (Å²) < 4.78 is 10.7. The van der Waals surface area contributed by atoms with Crippen molar-refractivity contribution in [1.29, 1.82) is 0 Å². The summed E-state index contributed by atoms with van der Waals surface area (Å²) in [4.78, 5) is 8.47. The van der Waals surface area contributed by atoms with Crippen molar-refractivity contribution in [1.82, 2.24) is 9.97 Å². The molecule has 3 N–H and O–H groups in total. The van der Waals surface area contributed by atoms with Gasteiger partial charge in [-0.05, 0) is 19.8 Å². The Morgan fingerprint density at radius 1 is 1.44 bits per heavy atom. The molecule has 2 heterocycles. The van der Waals surface area contributed by atoms with E-state index in [1.54, 1.807) is 12.4 Å². The van der Waals surface area contributed by atoms with E-state index >= 15 is 0 Å². The van der Waals surface area contributed by atoms with Gasteiger partial charge in [0.2, 0.25) is 5.88 Å². The summed E-state index contributed by atoms with van der Waals surface area (Å²) >= 11 is 0. The molecule has 1 aliphatic rings. The molecule has 1 saturated heterocycles. The topological polar surface area (TPSA) is 82.3 Å². The molecule has 1 aromatic heterocycles. The molecule has 0 aromatic carbocycles. The molecule has 6 heteroatoms. The van der Waals surface area contributed by atoms with Crippen LogP contribution in [0.15, 0.2) is 12.4 Å². The van der Waals surface area contributed by atoms with Crippen LogP contribution >= 0.6 is 0 Å². The van der Waals surface area contributed by atoms with E-state index in [9.17, 15) is 0 Å². The molecule has 0 bridgehead atoms. The predicted molar refractivity (Wildman–Crippen MR) is 68.7 cm³/mol. The zero-order chi connectivity index (χ0) is 12.8. The number of nitrogens with one attached hydrogen (secondary N) is 1. The second-order valence-corrected chi connectivity index (χ2v) is 4.40. The van der Waals surface area contributed by atoms with Crippen LogP contribution in [0.4, 0.5) is 5.82 Å². The smallest absolute Gasteiger partial charge is 0.234 e. The van der Waals surface area contributed by atoms with Gasteiger partial charge in [-0.1, -0.05) is 0 Å². The van der Waals surface area contributed by atoms with Gasteiger partial charge in [0.05, 0.1) is 24.5 Å². The Morgan fingerprint density at radius 2 is 2.22 bits per heavy atom. The van der Waals surface area contributed by atoms with Crippen LogP contribution in [0.2, 0.25) is 0 Å². The van der Waals surface area contributed by atoms with E-state index in [1.807, 2.05) is 6.92 Å². The molecule has 0 atom stereocenters. The van der Waals surface area contributed by atoms with Crippen LogP contribution in [-0.2, 0) is 4.74 Å². The number of hydrogen-bond donors (Lipinski definition) is 2. The molecule has 0 aliphatic carbocycles. The van der Waals surface area contributed by atoms with E-state index in [0.29, 0.717) is 24.8 Å². The van der Waals surface area contributed by atoms with E-state index < -0.39 is 0 Å². The first-order valence-electron chi connectivity index (χ1n) is 6.29. The van der Waals surface area contributed by atoms with Crippen LogP contribution in [0.1, 0.15) is 19.8 Å². The molecule has 1 fully saturated rings. The fourth-order valence-corrected chi connectivity index (χ4v) is 2.04. The average Bonchev–Trinajstić information content (AvgIpc) is 2.41. The second kappa shape index (κ2) is 5.97. The zero-order valence-corrected chi connectivity index (χ0v) is 10.7. The lowest BCUT2D eigenvalue weighted by Crippen LogP contribution is -2.49. The second-order valence-electron chi connectivity index (χ2n) is 4.40. The highest BCUT2D eigenvalue weighted by Crippen LogP contribution is 2.24. The summed E-state index contributed by atoms with van der Waals surface area (Å²) in [5.74, 6) is 1.23. The molecule has 0 radical (unpaired) electrons. The predicted octanol–water partition coefficient (Wildman–Crippen LogP) is 0.795. The lowest BCUT2D eigenvalue weighted by Gasteiger charge is -2.37.